The van der Waals surface area contributed by atoms with Crippen LogP contribution in [0.15, 0.2) is 48.5 Å². The van der Waals surface area contributed by atoms with E-state index in [2.05, 4.69) is 4.90 Å². The van der Waals surface area contributed by atoms with Gasteiger partial charge < -0.3 is 14.6 Å². The van der Waals surface area contributed by atoms with Crippen LogP contribution < -0.4 is 9.47 Å². The van der Waals surface area contributed by atoms with Gasteiger partial charge >= 0.3 is 6.18 Å². The Bertz CT molecular complexity index is 833. The zero-order chi connectivity index (χ0) is 22.6. The molecule has 0 bridgehead atoms. The molecule has 0 radical (unpaired) electrons. The molecule has 31 heavy (non-hydrogen) atoms. The Balaban J connectivity index is 1.57. The molecule has 1 aliphatic heterocycles. The van der Waals surface area contributed by atoms with Gasteiger partial charge in [0.2, 0.25) is 6.17 Å². The van der Waals surface area contributed by atoms with E-state index in [1.54, 1.807) is 12.1 Å². The fourth-order valence-corrected chi connectivity index (χ4v) is 3.16. The van der Waals surface area contributed by atoms with Crippen molar-refractivity contribution in [2.24, 2.45) is 0 Å². The first-order chi connectivity index (χ1) is 14.6. The third kappa shape index (κ3) is 6.58. The van der Waals surface area contributed by atoms with Crippen molar-refractivity contribution >= 4 is 0 Å². The van der Waals surface area contributed by atoms with Gasteiger partial charge in [-0.05, 0) is 35.4 Å². The lowest BCUT2D eigenvalue weighted by molar-refractivity contribution is -0.187. The van der Waals surface area contributed by atoms with Crippen LogP contribution in [0.5, 0.6) is 11.5 Å². The van der Waals surface area contributed by atoms with Gasteiger partial charge in [-0.2, -0.15) is 13.2 Å². The zero-order valence-corrected chi connectivity index (χ0v) is 17.5. The van der Waals surface area contributed by atoms with Crippen molar-refractivity contribution in [3.05, 3.63) is 59.7 Å². The van der Waals surface area contributed by atoms with E-state index in [0.717, 1.165) is 24.2 Å². The highest BCUT2D eigenvalue weighted by atomic mass is 19.4. The molecule has 0 aromatic heterocycles. The lowest BCUT2D eigenvalue weighted by Crippen LogP contribution is -2.30. The smallest absolute Gasteiger partial charge is 0.423 e. The fourth-order valence-electron chi connectivity index (χ4n) is 3.16. The van der Waals surface area contributed by atoms with Crippen LogP contribution in [0, 0.1) is 0 Å². The summed E-state index contributed by atoms with van der Waals surface area (Å²) in [6.45, 7) is 5.87. The van der Waals surface area contributed by atoms with Crippen LogP contribution in [0.2, 0.25) is 0 Å². The number of hydrogen-bond acceptors (Lipinski definition) is 4. The largest absolute Gasteiger partial charge is 0.491 e. The van der Waals surface area contributed by atoms with Crippen molar-refractivity contribution in [3.8, 4) is 11.5 Å². The van der Waals surface area contributed by atoms with Crippen LogP contribution in [-0.4, -0.2) is 61.3 Å². The highest BCUT2D eigenvalue weighted by Crippen LogP contribution is 2.33. The molecule has 1 heterocycles. The van der Waals surface area contributed by atoms with Gasteiger partial charge in [0.1, 0.15) is 30.8 Å². The molecule has 0 saturated carbocycles. The number of rotatable bonds is 10. The monoisotopic (exact) mass is 441 g/mol. The molecule has 0 amide bonds. The van der Waals surface area contributed by atoms with E-state index < -0.39 is 25.1 Å². The predicted octanol–water partition coefficient (Wildman–Crippen LogP) is 4.35. The van der Waals surface area contributed by atoms with E-state index >= 15 is 0 Å². The highest BCUT2D eigenvalue weighted by Gasteiger charge is 2.40. The van der Waals surface area contributed by atoms with E-state index in [4.69, 9.17) is 9.47 Å². The zero-order valence-electron chi connectivity index (χ0n) is 17.5. The second-order valence-corrected chi connectivity index (χ2v) is 8.26. The molecule has 2 unspecified atom stereocenters. The van der Waals surface area contributed by atoms with E-state index in [9.17, 15) is 22.7 Å². The van der Waals surface area contributed by atoms with Gasteiger partial charge in [-0.1, -0.05) is 38.1 Å². The molecular formula is C23H27F4NO3. The Morgan fingerprint density at radius 2 is 1.32 bits per heavy atom. The number of aliphatic hydroxyl groups excluding tert-OH is 1. The molecule has 1 saturated heterocycles. The van der Waals surface area contributed by atoms with Crippen molar-refractivity contribution < 1.29 is 32.1 Å². The summed E-state index contributed by atoms with van der Waals surface area (Å²) < 4.78 is 60.3. The third-order valence-electron chi connectivity index (χ3n) is 5.35. The van der Waals surface area contributed by atoms with Crippen molar-refractivity contribution in [3.63, 3.8) is 0 Å². The Morgan fingerprint density at radius 3 is 1.74 bits per heavy atom. The molecule has 2 atom stereocenters. The summed E-state index contributed by atoms with van der Waals surface area (Å²) in [5, 5.41) is 9.93. The minimum absolute atomic E-state index is 0.177. The maximum absolute atomic E-state index is 13.0. The van der Waals surface area contributed by atoms with Crippen LogP contribution in [0.4, 0.5) is 17.6 Å². The van der Waals surface area contributed by atoms with Crippen LogP contribution in [0.25, 0.3) is 0 Å². The lowest BCUT2D eigenvalue weighted by atomic mass is 9.78. The van der Waals surface area contributed by atoms with Crippen molar-refractivity contribution in [1.29, 1.82) is 0 Å². The quantitative estimate of drug-likeness (QED) is 0.440. The summed E-state index contributed by atoms with van der Waals surface area (Å²) in [6, 6.07) is 14.1. The summed E-state index contributed by atoms with van der Waals surface area (Å²) in [7, 11) is 0. The Kier molecular flexibility index (Phi) is 7.11. The average Bonchev–Trinajstić information content (AvgIpc) is 3.54. The molecule has 3 rings (SSSR count). The molecule has 2 aromatic rings. The first-order valence-electron chi connectivity index (χ1n) is 10.1. The van der Waals surface area contributed by atoms with Gasteiger partial charge in [-0.15, -0.1) is 0 Å². The van der Waals surface area contributed by atoms with E-state index in [0.29, 0.717) is 12.3 Å². The summed E-state index contributed by atoms with van der Waals surface area (Å²) >= 11 is 0. The standard InChI is InChI=1S/C23H27F4NO3/c1-22(2,17-5-9-20(10-6-17)31-15-21(24)23(25,26)27)16-3-7-19(8-4-16)30-14-18(29)13-28-11-12-28/h3-10,18,21,29H,11-15H2,1-2H3. The molecule has 1 aliphatic rings. The predicted molar refractivity (Wildman–Crippen MR) is 109 cm³/mol. The average molecular weight is 441 g/mol. The first-order valence-corrected chi connectivity index (χ1v) is 10.1. The highest BCUT2D eigenvalue weighted by molar-refractivity contribution is 5.41. The van der Waals surface area contributed by atoms with Gasteiger partial charge in [0.05, 0.1) is 0 Å². The number of aliphatic hydroxyl groups is 1. The number of benzene rings is 2. The van der Waals surface area contributed by atoms with Crippen molar-refractivity contribution in [2.75, 3.05) is 32.8 Å². The summed E-state index contributed by atoms with van der Waals surface area (Å²) in [5.74, 6) is 0.842. The lowest BCUT2D eigenvalue weighted by Gasteiger charge is -2.26. The maximum Gasteiger partial charge on any atom is 0.423 e. The molecule has 2 aromatic carbocycles. The van der Waals surface area contributed by atoms with Gasteiger partial charge in [-0.3, -0.25) is 4.90 Å². The van der Waals surface area contributed by atoms with Gasteiger partial charge in [0, 0.05) is 25.0 Å². The Morgan fingerprint density at radius 1 is 0.871 bits per heavy atom. The van der Waals surface area contributed by atoms with E-state index in [-0.39, 0.29) is 17.8 Å². The molecule has 170 valence electrons. The minimum atomic E-state index is -4.93. The third-order valence-corrected chi connectivity index (χ3v) is 5.35. The first kappa shape index (κ1) is 23.3. The maximum atomic E-state index is 13.0. The number of halogens is 4. The summed E-state index contributed by atoms with van der Waals surface area (Å²) in [6.07, 6.45) is -8.47. The van der Waals surface area contributed by atoms with Crippen molar-refractivity contribution in [1.82, 2.24) is 4.90 Å². The number of alkyl halides is 4. The second kappa shape index (κ2) is 9.44. The molecule has 0 spiro atoms. The fraction of sp³-hybridized carbons (Fsp3) is 0.478. The summed E-state index contributed by atoms with van der Waals surface area (Å²) in [5.41, 5.74) is 1.55. The van der Waals surface area contributed by atoms with E-state index in [1.807, 2.05) is 38.1 Å². The summed E-state index contributed by atoms with van der Waals surface area (Å²) in [4.78, 5) is 2.13. The van der Waals surface area contributed by atoms with Crippen LogP contribution in [-0.2, 0) is 5.41 Å². The van der Waals surface area contributed by atoms with Crippen LogP contribution in [0.1, 0.15) is 25.0 Å². The topological polar surface area (TPSA) is 41.7 Å². The van der Waals surface area contributed by atoms with Crippen molar-refractivity contribution in [2.45, 2.75) is 37.7 Å². The van der Waals surface area contributed by atoms with Gasteiger partial charge in [0.25, 0.3) is 0 Å². The van der Waals surface area contributed by atoms with Crippen LogP contribution >= 0.6 is 0 Å². The number of nitrogens with zero attached hydrogens (tertiary/aromatic N) is 1. The van der Waals surface area contributed by atoms with Crippen LogP contribution in [0.3, 0.4) is 0 Å². The minimum Gasteiger partial charge on any atom is -0.491 e. The molecule has 8 heteroatoms. The van der Waals surface area contributed by atoms with E-state index in [1.165, 1.54) is 12.1 Å². The Hall–Kier alpha value is -2.32. The SMILES string of the molecule is CC(C)(c1ccc(OCC(O)CN2CC2)cc1)c1ccc(OCC(F)C(F)(F)F)cc1. The van der Waals surface area contributed by atoms with Gasteiger partial charge in [-0.25, -0.2) is 4.39 Å². The molecule has 4 nitrogen and oxygen atoms in total. The van der Waals surface area contributed by atoms with Gasteiger partial charge in [0.15, 0.2) is 0 Å². The molecule has 1 N–H and O–H groups in total. The number of ether oxygens (including phenoxy) is 2. The normalized spacial score (nSPS) is 16.6. The molecular weight excluding hydrogens is 414 g/mol. The molecule has 1 fully saturated rings. The number of β-amino-alcohol motifs (C(OH)–C–C–N with tert-alkyl or cyclic N) is 1. The second-order valence-electron chi connectivity index (χ2n) is 8.26. The Labute approximate surface area is 179 Å². The number of hydrogen-bond donors (Lipinski definition) is 1. The molecule has 0 aliphatic carbocycles.